The van der Waals surface area contributed by atoms with Crippen LogP contribution in [0.2, 0.25) is 0 Å². The Balaban J connectivity index is 2.25. The fourth-order valence-corrected chi connectivity index (χ4v) is 2.13. The maximum Gasteiger partial charge on any atom is 0.0586 e. The van der Waals surface area contributed by atoms with Crippen LogP contribution >= 0.6 is 11.6 Å². The lowest BCUT2D eigenvalue weighted by Gasteiger charge is -2.09. The van der Waals surface area contributed by atoms with Gasteiger partial charge < -0.3 is 5.11 Å². The van der Waals surface area contributed by atoms with Crippen LogP contribution in [0.5, 0.6) is 0 Å². The molecule has 0 radical (unpaired) electrons. The number of aliphatic hydroxyl groups excluding tert-OH is 1. The quantitative estimate of drug-likeness (QED) is 0.796. The molecule has 0 saturated carbocycles. The summed E-state index contributed by atoms with van der Waals surface area (Å²) in [5.74, 6) is 0. The SMILES string of the molecule is OCCCC(Cl)c1ccc2ccccc2c1. The van der Waals surface area contributed by atoms with Gasteiger partial charge in [-0.25, -0.2) is 0 Å². The standard InChI is InChI=1S/C14H15ClO/c15-14(6-3-9-16)13-8-7-11-4-1-2-5-12(11)10-13/h1-2,4-5,7-8,10,14,16H,3,6,9H2. The first-order chi connectivity index (χ1) is 7.81. The molecule has 0 aliphatic carbocycles. The Labute approximate surface area is 101 Å². The smallest absolute Gasteiger partial charge is 0.0586 e. The summed E-state index contributed by atoms with van der Waals surface area (Å²) in [7, 11) is 0. The van der Waals surface area contributed by atoms with Crippen molar-refractivity contribution in [2.45, 2.75) is 18.2 Å². The number of rotatable bonds is 4. The first-order valence-electron chi connectivity index (χ1n) is 5.55. The van der Waals surface area contributed by atoms with Crippen molar-refractivity contribution in [1.29, 1.82) is 0 Å². The molecule has 0 heterocycles. The van der Waals surface area contributed by atoms with Crippen molar-refractivity contribution < 1.29 is 5.11 Å². The lowest BCUT2D eigenvalue weighted by Crippen LogP contribution is -1.93. The van der Waals surface area contributed by atoms with Gasteiger partial charge in [0.15, 0.2) is 0 Å². The van der Waals surface area contributed by atoms with Crippen molar-refractivity contribution in [2.75, 3.05) is 6.61 Å². The minimum atomic E-state index is -0.00300. The lowest BCUT2D eigenvalue weighted by molar-refractivity contribution is 0.284. The van der Waals surface area contributed by atoms with Crippen LogP contribution in [0.4, 0.5) is 0 Å². The highest BCUT2D eigenvalue weighted by Crippen LogP contribution is 2.28. The summed E-state index contributed by atoms with van der Waals surface area (Å²) in [6.07, 6.45) is 1.57. The van der Waals surface area contributed by atoms with E-state index in [0.717, 1.165) is 18.4 Å². The van der Waals surface area contributed by atoms with Crippen LogP contribution in [-0.4, -0.2) is 11.7 Å². The summed E-state index contributed by atoms with van der Waals surface area (Å²) in [5, 5.41) is 11.2. The molecule has 0 amide bonds. The van der Waals surface area contributed by atoms with Gasteiger partial charge in [-0.1, -0.05) is 36.4 Å². The normalized spacial score (nSPS) is 12.9. The van der Waals surface area contributed by atoms with Crippen molar-refractivity contribution in [3.63, 3.8) is 0 Å². The van der Waals surface area contributed by atoms with E-state index in [1.165, 1.54) is 10.8 Å². The molecular weight excluding hydrogens is 220 g/mol. The zero-order valence-corrected chi connectivity index (χ0v) is 9.82. The Bertz CT molecular complexity index is 467. The Kier molecular flexibility index (Phi) is 3.81. The Morgan fingerprint density at radius 2 is 1.81 bits per heavy atom. The van der Waals surface area contributed by atoms with E-state index >= 15 is 0 Å². The minimum absolute atomic E-state index is 0.00300. The van der Waals surface area contributed by atoms with Crippen molar-refractivity contribution in [2.24, 2.45) is 0 Å². The summed E-state index contributed by atoms with van der Waals surface area (Å²) in [4.78, 5) is 0. The highest BCUT2D eigenvalue weighted by molar-refractivity contribution is 6.20. The monoisotopic (exact) mass is 234 g/mol. The van der Waals surface area contributed by atoms with E-state index in [4.69, 9.17) is 16.7 Å². The first-order valence-corrected chi connectivity index (χ1v) is 5.98. The second-order valence-corrected chi connectivity index (χ2v) is 4.47. The van der Waals surface area contributed by atoms with E-state index < -0.39 is 0 Å². The van der Waals surface area contributed by atoms with Gasteiger partial charge in [0.05, 0.1) is 5.38 Å². The molecule has 0 aliphatic rings. The predicted molar refractivity (Wildman–Crippen MR) is 68.9 cm³/mol. The van der Waals surface area contributed by atoms with E-state index in [-0.39, 0.29) is 12.0 Å². The van der Waals surface area contributed by atoms with E-state index in [2.05, 4.69) is 30.3 Å². The maximum absolute atomic E-state index is 8.78. The van der Waals surface area contributed by atoms with Gasteiger partial charge in [-0.05, 0) is 35.2 Å². The average molecular weight is 235 g/mol. The first kappa shape index (κ1) is 11.4. The van der Waals surface area contributed by atoms with E-state index in [1.807, 2.05) is 12.1 Å². The summed E-state index contributed by atoms with van der Waals surface area (Å²) in [5.41, 5.74) is 1.13. The molecule has 0 bridgehead atoms. The number of aliphatic hydroxyl groups is 1. The van der Waals surface area contributed by atoms with Crippen molar-refractivity contribution >= 4 is 22.4 Å². The van der Waals surface area contributed by atoms with Crippen LogP contribution < -0.4 is 0 Å². The molecule has 0 aromatic heterocycles. The largest absolute Gasteiger partial charge is 0.396 e. The molecule has 1 nitrogen and oxygen atoms in total. The second kappa shape index (κ2) is 5.33. The third kappa shape index (κ3) is 2.55. The number of alkyl halides is 1. The topological polar surface area (TPSA) is 20.2 Å². The molecule has 84 valence electrons. The van der Waals surface area contributed by atoms with Crippen LogP contribution in [0.1, 0.15) is 23.8 Å². The third-order valence-corrected chi connectivity index (χ3v) is 3.22. The van der Waals surface area contributed by atoms with E-state index in [1.54, 1.807) is 0 Å². The molecule has 0 saturated heterocycles. The second-order valence-electron chi connectivity index (χ2n) is 3.94. The maximum atomic E-state index is 8.78. The molecule has 2 heteroatoms. The molecule has 0 fully saturated rings. The van der Waals surface area contributed by atoms with Crippen molar-refractivity contribution in [3.05, 3.63) is 48.0 Å². The molecule has 1 atom stereocenters. The number of benzene rings is 2. The van der Waals surface area contributed by atoms with Gasteiger partial charge in [0.25, 0.3) is 0 Å². The van der Waals surface area contributed by atoms with Gasteiger partial charge in [0, 0.05) is 6.61 Å². The van der Waals surface area contributed by atoms with Crippen LogP contribution in [0.25, 0.3) is 10.8 Å². The van der Waals surface area contributed by atoms with Crippen LogP contribution in [0.15, 0.2) is 42.5 Å². The Hall–Kier alpha value is -1.05. The molecule has 2 aromatic rings. The summed E-state index contributed by atoms with van der Waals surface area (Å²) >= 11 is 6.27. The fourth-order valence-electron chi connectivity index (χ4n) is 1.84. The predicted octanol–water partition coefficient (Wildman–Crippen LogP) is 3.89. The van der Waals surface area contributed by atoms with Crippen LogP contribution in [0.3, 0.4) is 0 Å². The third-order valence-electron chi connectivity index (χ3n) is 2.75. The highest BCUT2D eigenvalue weighted by Gasteiger charge is 2.07. The molecule has 1 unspecified atom stereocenters. The van der Waals surface area contributed by atoms with Gasteiger partial charge in [-0.3, -0.25) is 0 Å². The number of fused-ring (bicyclic) bond motifs is 1. The highest BCUT2D eigenvalue weighted by atomic mass is 35.5. The van der Waals surface area contributed by atoms with Gasteiger partial charge >= 0.3 is 0 Å². The summed E-state index contributed by atoms with van der Waals surface area (Å²) < 4.78 is 0. The summed E-state index contributed by atoms with van der Waals surface area (Å²) in [6, 6.07) is 14.5. The molecule has 2 rings (SSSR count). The van der Waals surface area contributed by atoms with Crippen LogP contribution in [0, 0.1) is 0 Å². The van der Waals surface area contributed by atoms with E-state index in [0.29, 0.717) is 0 Å². The molecule has 0 spiro atoms. The molecule has 0 aliphatic heterocycles. The lowest BCUT2D eigenvalue weighted by atomic mass is 10.0. The fraction of sp³-hybridized carbons (Fsp3) is 0.286. The minimum Gasteiger partial charge on any atom is -0.396 e. The van der Waals surface area contributed by atoms with Crippen molar-refractivity contribution in [1.82, 2.24) is 0 Å². The van der Waals surface area contributed by atoms with Crippen molar-refractivity contribution in [3.8, 4) is 0 Å². The average Bonchev–Trinajstić information content (AvgIpc) is 2.35. The molecule has 2 aromatic carbocycles. The number of halogens is 1. The molecule has 16 heavy (non-hydrogen) atoms. The van der Waals surface area contributed by atoms with E-state index in [9.17, 15) is 0 Å². The van der Waals surface area contributed by atoms with Gasteiger partial charge in [0.1, 0.15) is 0 Å². The van der Waals surface area contributed by atoms with Gasteiger partial charge in [-0.15, -0.1) is 11.6 Å². The summed E-state index contributed by atoms with van der Waals surface area (Å²) in [6.45, 7) is 0.205. The molecular formula is C14H15ClO. The van der Waals surface area contributed by atoms with Gasteiger partial charge in [0.2, 0.25) is 0 Å². The zero-order chi connectivity index (χ0) is 11.4. The molecule has 1 N–H and O–H groups in total. The Morgan fingerprint density at radius 3 is 2.56 bits per heavy atom. The van der Waals surface area contributed by atoms with Gasteiger partial charge in [-0.2, -0.15) is 0 Å². The van der Waals surface area contributed by atoms with Crippen LogP contribution in [-0.2, 0) is 0 Å². The number of hydrogen-bond acceptors (Lipinski definition) is 1. The number of hydrogen-bond donors (Lipinski definition) is 1. The Morgan fingerprint density at radius 1 is 1.06 bits per heavy atom. The zero-order valence-electron chi connectivity index (χ0n) is 9.07.